The van der Waals surface area contributed by atoms with E-state index in [4.69, 9.17) is 9.72 Å². The molecular weight excluding hydrogens is 406 g/mol. The van der Waals surface area contributed by atoms with Crippen LogP contribution >= 0.6 is 11.3 Å². The van der Waals surface area contributed by atoms with Gasteiger partial charge in [-0.1, -0.05) is 30.3 Å². The molecule has 6 heteroatoms. The average Bonchev–Trinajstić information content (AvgIpc) is 3.53. The maximum absolute atomic E-state index is 13.5. The summed E-state index contributed by atoms with van der Waals surface area (Å²) in [6.45, 7) is 0.447. The third-order valence-electron chi connectivity index (χ3n) is 6.63. The highest BCUT2D eigenvalue weighted by Crippen LogP contribution is 2.35. The fraction of sp³-hybridized carbons (Fsp3) is 0.360. The van der Waals surface area contributed by atoms with Gasteiger partial charge in [0, 0.05) is 22.5 Å². The molecule has 0 amide bonds. The lowest BCUT2D eigenvalue weighted by molar-refractivity contribution is 0.409. The van der Waals surface area contributed by atoms with E-state index < -0.39 is 0 Å². The first-order valence-corrected chi connectivity index (χ1v) is 11.8. The van der Waals surface area contributed by atoms with Crippen molar-refractivity contribution in [2.24, 2.45) is 0 Å². The summed E-state index contributed by atoms with van der Waals surface area (Å²) in [5.74, 6) is 0.798. The van der Waals surface area contributed by atoms with Gasteiger partial charge in [-0.3, -0.25) is 9.36 Å². The molecule has 1 unspecified atom stereocenters. The van der Waals surface area contributed by atoms with Gasteiger partial charge in [0.15, 0.2) is 0 Å². The van der Waals surface area contributed by atoms with Gasteiger partial charge in [0.05, 0.1) is 25.4 Å². The van der Waals surface area contributed by atoms with Gasteiger partial charge < -0.3 is 10.1 Å². The number of fused-ring (bicyclic) bond motifs is 4. The molecule has 0 saturated heterocycles. The lowest BCUT2D eigenvalue weighted by Crippen LogP contribution is -2.35. The molecule has 0 bridgehead atoms. The number of hydrogen-bond donors (Lipinski definition) is 1. The van der Waals surface area contributed by atoms with E-state index in [0.29, 0.717) is 18.6 Å². The molecular formula is C25H25N3O2S. The highest BCUT2D eigenvalue weighted by atomic mass is 32.1. The summed E-state index contributed by atoms with van der Waals surface area (Å²) in [6, 6.07) is 13.5. The maximum Gasteiger partial charge on any atom is 0.262 e. The Morgan fingerprint density at radius 1 is 1.16 bits per heavy atom. The fourth-order valence-corrected chi connectivity index (χ4v) is 6.14. The first kappa shape index (κ1) is 19.0. The van der Waals surface area contributed by atoms with Crippen LogP contribution in [0.5, 0.6) is 5.75 Å². The number of nitrogens with zero attached hydrogens (tertiary/aromatic N) is 2. The number of hydrogen-bond acceptors (Lipinski definition) is 5. The highest BCUT2D eigenvalue weighted by Gasteiger charge is 2.29. The van der Waals surface area contributed by atoms with Gasteiger partial charge in [-0.2, -0.15) is 0 Å². The van der Waals surface area contributed by atoms with Crippen molar-refractivity contribution in [1.82, 2.24) is 14.9 Å². The Morgan fingerprint density at radius 3 is 2.87 bits per heavy atom. The van der Waals surface area contributed by atoms with Crippen molar-refractivity contribution in [3.63, 3.8) is 0 Å². The number of rotatable bonds is 5. The lowest BCUT2D eigenvalue weighted by atomic mass is 9.93. The monoisotopic (exact) mass is 431 g/mol. The SMILES string of the molecule is COc1ccc2ccccc2c1Cn1cnc2sc3c(c2c1=O)CCC(NC1CC1)C3. The average molecular weight is 432 g/mol. The van der Waals surface area contributed by atoms with Gasteiger partial charge in [-0.25, -0.2) is 4.98 Å². The summed E-state index contributed by atoms with van der Waals surface area (Å²) in [6.07, 6.45) is 7.38. The van der Waals surface area contributed by atoms with E-state index >= 15 is 0 Å². The molecule has 31 heavy (non-hydrogen) atoms. The fourth-order valence-electron chi connectivity index (χ4n) is 4.88. The van der Waals surface area contributed by atoms with Gasteiger partial charge >= 0.3 is 0 Å². The summed E-state index contributed by atoms with van der Waals surface area (Å²) in [5, 5.41) is 6.83. The van der Waals surface area contributed by atoms with E-state index in [-0.39, 0.29) is 5.56 Å². The molecule has 0 radical (unpaired) electrons. The molecule has 0 spiro atoms. The number of benzene rings is 2. The van der Waals surface area contributed by atoms with Gasteiger partial charge in [0.1, 0.15) is 10.6 Å². The van der Waals surface area contributed by atoms with Gasteiger partial charge in [-0.05, 0) is 54.5 Å². The number of aryl methyl sites for hydroxylation is 1. The van der Waals surface area contributed by atoms with E-state index in [1.54, 1.807) is 29.3 Å². The molecule has 4 aromatic rings. The van der Waals surface area contributed by atoms with Crippen LogP contribution in [0.15, 0.2) is 47.5 Å². The Bertz CT molecular complexity index is 1350. The van der Waals surface area contributed by atoms with Crippen LogP contribution in [-0.4, -0.2) is 28.7 Å². The summed E-state index contributed by atoms with van der Waals surface area (Å²) < 4.78 is 7.38. The van der Waals surface area contributed by atoms with Crippen molar-refractivity contribution in [3.8, 4) is 5.75 Å². The molecule has 1 saturated carbocycles. The van der Waals surface area contributed by atoms with Crippen molar-refractivity contribution in [2.75, 3.05) is 7.11 Å². The van der Waals surface area contributed by atoms with Crippen LogP contribution in [-0.2, 0) is 19.4 Å². The molecule has 2 aromatic carbocycles. The lowest BCUT2D eigenvalue weighted by Gasteiger charge is -2.23. The second-order valence-corrected chi connectivity index (χ2v) is 9.79. The van der Waals surface area contributed by atoms with Crippen molar-refractivity contribution >= 4 is 32.3 Å². The molecule has 2 aliphatic carbocycles. The van der Waals surface area contributed by atoms with Gasteiger partial charge in [0.2, 0.25) is 0 Å². The predicted octanol–water partition coefficient (Wildman–Crippen LogP) is 4.28. The zero-order valence-corrected chi connectivity index (χ0v) is 18.4. The summed E-state index contributed by atoms with van der Waals surface area (Å²) in [4.78, 5) is 20.5. The molecule has 1 N–H and O–H groups in total. The van der Waals surface area contributed by atoms with Crippen molar-refractivity contribution < 1.29 is 4.74 Å². The number of aromatic nitrogens is 2. The largest absolute Gasteiger partial charge is 0.496 e. The Morgan fingerprint density at radius 2 is 2.03 bits per heavy atom. The van der Waals surface area contributed by atoms with Crippen LogP contribution in [0.3, 0.4) is 0 Å². The van der Waals surface area contributed by atoms with E-state index in [1.165, 1.54) is 23.3 Å². The smallest absolute Gasteiger partial charge is 0.262 e. The molecule has 1 fully saturated rings. The number of methoxy groups -OCH3 is 1. The van der Waals surface area contributed by atoms with Gasteiger partial charge in [0.25, 0.3) is 5.56 Å². The van der Waals surface area contributed by atoms with E-state index in [1.807, 2.05) is 18.2 Å². The zero-order chi connectivity index (χ0) is 20.9. The summed E-state index contributed by atoms with van der Waals surface area (Å²) >= 11 is 1.70. The standard InChI is InChI=1S/C25H25N3O2S/c1-30-21-11-6-15-4-2-3-5-18(15)20(21)13-28-14-26-24-23(25(28)29)19-10-9-17(12-22(19)31-24)27-16-7-8-16/h2-6,11,14,16-17,27H,7-10,12-13H2,1H3. The minimum absolute atomic E-state index is 0.0612. The van der Waals surface area contributed by atoms with Crippen LogP contribution in [0.2, 0.25) is 0 Å². The van der Waals surface area contributed by atoms with E-state index in [9.17, 15) is 4.79 Å². The third-order valence-corrected chi connectivity index (χ3v) is 7.79. The topological polar surface area (TPSA) is 56.2 Å². The highest BCUT2D eigenvalue weighted by molar-refractivity contribution is 7.18. The van der Waals surface area contributed by atoms with Crippen molar-refractivity contribution in [1.29, 1.82) is 0 Å². The van der Waals surface area contributed by atoms with E-state index in [0.717, 1.165) is 51.6 Å². The third kappa shape index (κ3) is 3.34. The Hall–Kier alpha value is -2.70. The predicted molar refractivity (Wildman–Crippen MR) is 125 cm³/mol. The first-order chi connectivity index (χ1) is 15.2. The molecule has 6 rings (SSSR count). The molecule has 2 aromatic heterocycles. The van der Waals surface area contributed by atoms with Crippen LogP contribution in [0.25, 0.3) is 21.0 Å². The van der Waals surface area contributed by atoms with Crippen molar-refractivity contribution in [2.45, 2.75) is 50.7 Å². The molecule has 2 aliphatic rings. The molecule has 5 nitrogen and oxygen atoms in total. The first-order valence-electron chi connectivity index (χ1n) is 11.0. The van der Waals surface area contributed by atoms with Crippen molar-refractivity contribution in [3.05, 3.63) is 69.1 Å². The Kier molecular flexibility index (Phi) is 4.58. The molecule has 2 heterocycles. The van der Waals surface area contributed by atoms with Crippen LogP contribution in [0.1, 0.15) is 35.3 Å². The Balaban J connectivity index is 1.41. The van der Waals surface area contributed by atoms with Crippen LogP contribution in [0.4, 0.5) is 0 Å². The minimum atomic E-state index is 0.0612. The second kappa shape index (κ2) is 7.46. The van der Waals surface area contributed by atoms with Gasteiger partial charge in [-0.15, -0.1) is 11.3 Å². The quantitative estimate of drug-likeness (QED) is 0.513. The zero-order valence-electron chi connectivity index (χ0n) is 17.6. The number of nitrogens with one attached hydrogen (secondary N) is 1. The molecule has 1 atom stereocenters. The van der Waals surface area contributed by atoms with Crippen LogP contribution < -0.4 is 15.6 Å². The molecule has 158 valence electrons. The normalized spacial score (nSPS) is 18.4. The number of thiophene rings is 1. The summed E-state index contributed by atoms with van der Waals surface area (Å²) in [7, 11) is 1.68. The van der Waals surface area contributed by atoms with E-state index in [2.05, 4.69) is 23.5 Å². The second-order valence-electron chi connectivity index (χ2n) is 8.71. The summed E-state index contributed by atoms with van der Waals surface area (Å²) in [5.41, 5.74) is 2.30. The maximum atomic E-state index is 13.5. The minimum Gasteiger partial charge on any atom is -0.496 e. The Labute approximate surface area is 184 Å². The van der Waals surface area contributed by atoms with Crippen LogP contribution in [0, 0.1) is 0 Å². The molecule has 0 aliphatic heterocycles. The number of ether oxygens (including phenoxy) is 1.